The lowest BCUT2D eigenvalue weighted by Gasteiger charge is -2.21. The summed E-state index contributed by atoms with van der Waals surface area (Å²) in [5.74, 6) is -4.16. The van der Waals surface area contributed by atoms with E-state index in [1.165, 1.54) is 24.3 Å². The standard InChI is InChI=1S/C29H29N2O15P/c1-5-25(32)42-15-14-20(3)28(35)43-17-16-41-22-12-13-23(27(34)21-10-8-7-9-11-21)24(18-22)45-47(40,46-26(33)6-2)44-19-29(4,30(36)37)31(38)39/h5-13,18H,1-3,14-17,19H2,4H3. The maximum Gasteiger partial charge on any atom is 0.590 e. The van der Waals surface area contributed by atoms with E-state index in [9.17, 15) is 44.0 Å². The van der Waals surface area contributed by atoms with Crippen LogP contribution in [-0.2, 0) is 37.5 Å². The van der Waals surface area contributed by atoms with E-state index in [1.54, 1.807) is 18.2 Å². The fourth-order valence-corrected chi connectivity index (χ4v) is 4.38. The molecule has 0 aliphatic heterocycles. The van der Waals surface area contributed by atoms with Crippen molar-refractivity contribution in [2.45, 2.75) is 19.0 Å². The van der Waals surface area contributed by atoms with Crippen LogP contribution in [0.25, 0.3) is 0 Å². The first-order valence-corrected chi connectivity index (χ1v) is 14.7. The van der Waals surface area contributed by atoms with Gasteiger partial charge in [-0.1, -0.05) is 50.1 Å². The van der Waals surface area contributed by atoms with E-state index in [4.69, 9.17) is 23.3 Å². The molecule has 250 valence electrons. The molecule has 0 radical (unpaired) electrons. The van der Waals surface area contributed by atoms with E-state index in [0.717, 1.165) is 12.1 Å². The second-order valence-electron chi connectivity index (χ2n) is 9.22. The van der Waals surface area contributed by atoms with E-state index < -0.39 is 59.4 Å². The number of esters is 2. The SMILES string of the molecule is C=CC(=O)OCCC(=C)C(=O)OCCOc1ccc(C(=O)c2ccccc2)c(OP(=O)(OCC(C)([N+](=O)[O-])[N+](=O)[O-])OC(=O)C=C)c1. The van der Waals surface area contributed by atoms with Crippen LogP contribution >= 0.6 is 7.82 Å². The molecule has 0 saturated carbocycles. The van der Waals surface area contributed by atoms with Crippen molar-refractivity contribution in [3.8, 4) is 11.5 Å². The van der Waals surface area contributed by atoms with Crippen molar-refractivity contribution in [1.29, 1.82) is 0 Å². The Morgan fingerprint density at radius 2 is 1.55 bits per heavy atom. The lowest BCUT2D eigenvalue weighted by molar-refractivity contribution is -0.793. The minimum absolute atomic E-state index is 0.00207. The van der Waals surface area contributed by atoms with Crippen LogP contribution in [0.2, 0.25) is 0 Å². The molecule has 0 amide bonds. The van der Waals surface area contributed by atoms with E-state index in [-0.39, 0.29) is 48.7 Å². The van der Waals surface area contributed by atoms with Crippen LogP contribution in [0.4, 0.5) is 0 Å². The summed E-state index contributed by atoms with van der Waals surface area (Å²) in [6, 6.07) is 11.2. The number of benzene rings is 2. The van der Waals surface area contributed by atoms with E-state index in [1.807, 2.05) is 0 Å². The van der Waals surface area contributed by atoms with Crippen LogP contribution in [0, 0.1) is 20.2 Å². The number of ether oxygens (including phenoxy) is 3. The van der Waals surface area contributed by atoms with Crippen molar-refractivity contribution in [3.05, 3.63) is 117 Å². The monoisotopic (exact) mass is 676 g/mol. The molecule has 2 aromatic carbocycles. The summed E-state index contributed by atoms with van der Waals surface area (Å²) in [6.07, 6.45) is 1.51. The smallest absolute Gasteiger partial charge is 0.490 e. The molecule has 18 heteroatoms. The number of ketones is 1. The van der Waals surface area contributed by atoms with Gasteiger partial charge in [-0.15, -0.1) is 0 Å². The summed E-state index contributed by atoms with van der Waals surface area (Å²) < 4.78 is 43.8. The molecule has 0 saturated heterocycles. The summed E-state index contributed by atoms with van der Waals surface area (Å²) in [4.78, 5) is 68.6. The molecule has 0 fully saturated rings. The van der Waals surface area contributed by atoms with Crippen LogP contribution in [0.3, 0.4) is 0 Å². The van der Waals surface area contributed by atoms with Gasteiger partial charge in [-0.05, 0) is 12.1 Å². The molecule has 2 rings (SSSR count). The maximum absolute atomic E-state index is 13.6. The second kappa shape index (κ2) is 17.1. The van der Waals surface area contributed by atoms with Crippen molar-refractivity contribution in [2.75, 3.05) is 26.4 Å². The Morgan fingerprint density at radius 1 is 0.915 bits per heavy atom. The molecule has 17 nitrogen and oxygen atoms in total. The van der Waals surface area contributed by atoms with Crippen molar-refractivity contribution >= 4 is 31.5 Å². The minimum Gasteiger partial charge on any atom is -0.490 e. The first-order chi connectivity index (χ1) is 22.2. The largest absolute Gasteiger partial charge is 0.590 e. The average molecular weight is 677 g/mol. The molecular formula is C29H29N2O15P. The third-order valence-electron chi connectivity index (χ3n) is 5.78. The topological polar surface area (TPSA) is 227 Å². The van der Waals surface area contributed by atoms with Gasteiger partial charge in [0, 0.05) is 35.8 Å². The van der Waals surface area contributed by atoms with Gasteiger partial charge < -0.3 is 23.3 Å². The Bertz CT molecular complexity index is 1590. The average Bonchev–Trinajstić information content (AvgIpc) is 3.05. The quantitative estimate of drug-likeness (QED) is 0.0282. The van der Waals surface area contributed by atoms with Gasteiger partial charge in [0.05, 0.1) is 19.1 Å². The molecule has 1 atom stereocenters. The number of hydrogen-bond acceptors (Lipinski definition) is 15. The summed E-state index contributed by atoms with van der Waals surface area (Å²) in [5.41, 5.74) is -3.15. The summed E-state index contributed by atoms with van der Waals surface area (Å²) >= 11 is 0. The van der Waals surface area contributed by atoms with Crippen LogP contribution in [0.15, 0.2) is 86.0 Å². The summed E-state index contributed by atoms with van der Waals surface area (Å²) in [6.45, 7) is 8.33. The van der Waals surface area contributed by atoms with Gasteiger partial charge in [-0.3, -0.25) is 29.5 Å². The Kier molecular flexibility index (Phi) is 13.7. The van der Waals surface area contributed by atoms with Crippen molar-refractivity contribution in [2.24, 2.45) is 0 Å². The highest BCUT2D eigenvalue weighted by Crippen LogP contribution is 2.51. The Balaban J connectivity index is 2.32. The van der Waals surface area contributed by atoms with Crippen molar-refractivity contribution in [1.82, 2.24) is 0 Å². The van der Waals surface area contributed by atoms with Gasteiger partial charge in [0.2, 0.25) is 6.61 Å². The fraction of sp³-hybridized carbons (Fsp3) is 0.241. The highest BCUT2D eigenvalue weighted by Gasteiger charge is 2.54. The van der Waals surface area contributed by atoms with Crippen LogP contribution in [0.1, 0.15) is 29.3 Å². The zero-order valence-corrected chi connectivity index (χ0v) is 25.8. The van der Waals surface area contributed by atoms with Crippen molar-refractivity contribution in [3.63, 3.8) is 0 Å². The number of nitrogens with zero attached hydrogens (tertiary/aromatic N) is 2. The maximum atomic E-state index is 13.6. The number of carbonyl (C=O) groups excluding carboxylic acids is 4. The van der Waals surface area contributed by atoms with E-state index >= 15 is 0 Å². The first kappa shape index (κ1) is 37.5. The summed E-state index contributed by atoms with van der Waals surface area (Å²) in [7, 11) is -5.29. The van der Waals surface area contributed by atoms with Gasteiger partial charge in [0.1, 0.15) is 34.6 Å². The number of phosphoric ester groups is 1. The van der Waals surface area contributed by atoms with Gasteiger partial charge in [0.15, 0.2) is 5.78 Å². The first-order valence-electron chi connectivity index (χ1n) is 13.3. The molecule has 47 heavy (non-hydrogen) atoms. The molecule has 0 aliphatic rings. The van der Waals surface area contributed by atoms with Gasteiger partial charge in [-0.2, -0.15) is 0 Å². The molecule has 0 spiro atoms. The van der Waals surface area contributed by atoms with Crippen molar-refractivity contribution < 1.29 is 61.4 Å². The van der Waals surface area contributed by atoms with E-state index in [0.29, 0.717) is 13.0 Å². The second-order valence-corrected chi connectivity index (χ2v) is 10.7. The molecule has 1 unspecified atom stereocenters. The zero-order valence-electron chi connectivity index (χ0n) is 24.9. The predicted octanol–water partition coefficient (Wildman–Crippen LogP) is 4.02. The molecule has 0 bridgehead atoms. The van der Waals surface area contributed by atoms with E-state index in [2.05, 4.69) is 24.3 Å². The highest BCUT2D eigenvalue weighted by molar-refractivity contribution is 7.49. The molecule has 2 aromatic rings. The number of phosphoric acid groups is 1. The fourth-order valence-electron chi connectivity index (χ4n) is 3.15. The van der Waals surface area contributed by atoms with Crippen LogP contribution in [0.5, 0.6) is 11.5 Å². The number of rotatable bonds is 20. The van der Waals surface area contributed by atoms with Gasteiger partial charge in [-0.25, -0.2) is 18.9 Å². The number of hydrogen-bond donors (Lipinski definition) is 0. The zero-order chi connectivity index (χ0) is 35.2. The third-order valence-corrected chi connectivity index (χ3v) is 7.05. The molecular weight excluding hydrogens is 647 g/mol. The van der Waals surface area contributed by atoms with Crippen LogP contribution < -0.4 is 9.26 Å². The Labute approximate surface area is 267 Å². The molecule has 0 aromatic heterocycles. The molecule has 0 N–H and O–H groups in total. The molecule has 0 heterocycles. The summed E-state index contributed by atoms with van der Waals surface area (Å²) in [5, 5.41) is 22.7. The minimum atomic E-state index is -5.29. The molecule has 0 aliphatic carbocycles. The van der Waals surface area contributed by atoms with Gasteiger partial charge in [0.25, 0.3) is 0 Å². The number of carbonyl (C=O) groups is 4. The Hall–Kier alpha value is -5.67. The number of nitro groups is 2. The lowest BCUT2D eigenvalue weighted by atomic mass is 10.0. The third kappa shape index (κ3) is 11.0. The Morgan fingerprint density at radius 3 is 2.15 bits per heavy atom. The normalized spacial score (nSPS) is 11.9. The lowest BCUT2D eigenvalue weighted by Crippen LogP contribution is -2.47. The highest BCUT2D eigenvalue weighted by atomic mass is 31.2. The van der Waals surface area contributed by atoms with Gasteiger partial charge >= 0.3 is 31.4 Å². The van der Waals surface area contributed by atoms with Crippen LogP contribution in [-0.4, -0.2) is 65.6 Å². The predicted molar refractivity (Wildman–Crippen MR) is 161 cm³/mol.